The van der Waals surface area contributed by atoms with E-state index in [1.807, 2.05) is 11.8 Å². The molecule has 2 aliphatic heterocycles. The van der Waals surface area contributed by atoms with Crippen LogP contribution in [0, 0.1) is 5.92 Å². The first kappa shape index (κ1) is 19.6. The second-order valence-electron chi connectivity index (χ2n) is 7.30. The average Bonchev–Trinajstić information content (AvgIpc) is 3.07. The molecule has 3 rings (SSSR count). The summed E-state index contributed by atoms with van der Waals surface area (Å²) in [6, 6.07) is 0. The van der Waals surface area contributed by atoms with Crippen molar-refractivity contribution in [2.75, 3.05) is 39.9 Å². The highest BCUT2D eigenvalue weighted by atomic mass is 16.5. The van der Waals surface area contributed by atoms with Gasteiger partial charge in [0.25, 0.3) is 0 Å². The highest BCUT2D eigenvalue weighted by molar-refractivity contribution is 5.84. The molecule has 9 heteroatoms. The predicted octanol–water partition coefficient (Wildman–Crippen LogP) is 0.182. The number of hydrogen-bond donors (Lipinski definition) is 1. The molecule has 2 saturated heterocycles. The minimum absolute atomic E-state index is 0.103. The lowest BCUT2D eigenvalue weighted by molar-refractivity contribution is -0.144. The smallest absolute Gasteiger partial charge is 0.343 e. The number of piperidine rings is 2. The number of aromatic nitrogens is 3. The van der Waals surface area contributed by atoms with Crippen molar-refractivity contribution in [3.05, 3.63) is 16.3 Å². The Morgan fingerprint density at radius 1 is 1.26 bits per heavy atom. The minimum Gasteiger partial charge on any atom is -0.383 e. The quantitative estimate of drug-likeness (QED) is 0.760. The van der Waals surface area contributed by atoms with E-state index >= 15 is 0 Å². The number of nitrogens with zero attached hydrogens (tertiary/aromatic N) is 4. The number of ether oxygens (including phenoxy) is 1. The fourth-order valence-corrected chi connectivity index (χ4v) is 4.10. The first-order valence-corrected chi connectivity index (χ1v) is 9.75. The summed E-state index contributed by atoms with van der Waals surface area (Å²) in [7, 11) is 1.61. The van der Waals surface area contributed by atoms with Gasteiger partial charge in [-0.25, -0.2) is 9.89 Å². The minimum atomic E-state index is -0.172. The van der Waals surface area contributed by atoms with E-state index in [4.69, 9.17) is 4.74 Å². The lowest BCUT2D eigenvalue weighted by Gasteiger charge is -2.37. The van der Waals surface area contributed by atoms with E-state index in [1.54, 1.807) is 16.6 Å². The summed E-state index contributed by atoms with van der Waals surface area (Å²) in [6.07, 6.45) is 2.65. The molecule has 0 spiro atoms. The Labute approximate surface area is 158 Å². The number of H-pyrrole nitrogens is 1. The molecule has 0 saturated carbocycles. The van der Waals surface area contributed by atoms with E-state index < -0.39 is 0 Å². The van der Waals surface area contributed by atoms with Crippen LogP contribution in [0.15, 0.2) is 4.79 Å². The Kier molecular flexibility index (Phi) is 6.30. The fraction of sp³-hybridized carbons (Fsp3) is 0.778. The van der Waals surface area contributed by atoms with Gasteiger partial charge in [0, 0.05) is 52.2 Å². The molecule has 0 radical (unpaired) electrons. The monoisotopic (exact) mass is 379 g/mol. The molecule has 2 fully saturated rings. The highest BCUT2D eigenvalue weighted by Gasteiger charge is 2.34. The zero-order valence-electron chi connectivity index (χ0n) is 16.1. The van der Waals surface area contributed by atoms with Crippen molar-refractivity contribution >= 4 is 11.8 Å². The summed E-state index contributed by atoms with van der Waals surface area (Å²) in [6.45, 7) is 5.36. The van der Waals surface area contributed by atoms with Gasteiger partial charge in [-0.3, -0.25) is 14.2 Å². The fourth-order valence-electron chi connectivity index (χ4n) is 4.10. The number of carbonyl (C=O) groups is 2. The van der Waals surface area contributed by atoms with Crippen LogP contribution in [0.4, 0.5) is 0 Å². The first-order chi connectivity index (χ1) is 13.0. The summed E-state index contributed by atoms with van der Waals surface area (Å²) in [4.78, 5) is 40.4. The molecule has 9 nitrogen and oxygen atoms in total. The molecule has 27 heavy (non-hydrogen) atoms. The van der Waals surface area contributed by atoms with Gasteiger partial charge in [0.2, 0.25) is 11.8 Å². The number of carbonyl (C=O) groups excluding carboxylic acids is 2. The lowest BCUT2D eigenvalue weighted by Crippen LogP contribution is -2.49. The van der Waals surface area contributed by atoms with E-state index in [0.717, 1.165) is 18.7 Å². The van der Waals surface area contributed by atoms with E-state index in [9.17, 15) is 14.4 Å². The summed E-state index contributed by atoms with van der Waals surface area (Å²) in [5, 5.41) is 6.71. The average molecular weight is 379 g/mol. The molecule has 2 aliphatic rings. The molecule has 1 atom stereocenters. The summed E-state index contributed by atoms with van der Waals surface area (Å²) < 4.78 is 6.73. The lowest BCUT2D eigenvalue weighted by atomic mass is 9.92. The highest BCUT2D eigenvalue weighted by Crippen LogP contribution is 2.28. The van der Waals surface area contributed by atoms with Gasteiger partial charge in [0.05, 0.1) is 12.5 Å². The van der Waals surface area contributed by atoms with Crippen molar-refractivity contribution in [3.63, 3.8) is 0 Å². The molecule has 1 N–H and O–H groups in total. The summed E-state index contributed by atoms with van der Waals surface area (Å²) >= 11 is 0. The molecule has 2 amide bonds. The van der Waals surface area contributed by atoms with Crippen LogP contribution in [0.25, 0.3) is 0 Å². The number of methoxy groups -OCH3 is 1. The summed E-state index contributed by atoms with van der Waals surface area (Å²) in [5.74, 6) is 1.10. The van der Waals surface area contributed by atoms with E-state index in [0.29, 0.717) is 52.2 Å². The van der Waals surface area contributed by atoms with Crippen LogP contribution in [-0.4, -0.2) is 76.3 Å². The van der Waals surface area contributed by atoms with Crippen molar-refractivity contribution < 1.29 is 14.3 Å². The number of likely N-dealkylation sites (tertiary alicyclic amines) is 2. The van der Waals surface area contributed by atoms with Gasteiger partial charge in [-0.05, 0) is 26.2 Å². The van der Waals surface area contributed by atoms with Gasteiger partial charge in [-0.1, -0.05) is 0 Å². The van der Waals surface area contributed by atoms with Crippen LogP contribution in [-0.2, 0) is 20.9 Å². The van der Waals surface area contributed by atoms with E-state index in [1.165, 1.54) is 0 Å². The Bertz CT molecular complexity index is 720. The Balaban J connectivity index is 1.56. The first-order valence-electron chi connectivity index (χ1n) is 9.75. The van der Waals surface area contributed by atoms with Gasteiger partial charge in [0.15, 0.2) is 0 Å². The van der Waals surface area contributed by atoms with Gasteiger partial charge in [-0.2, -0.15) is 5.10 Å². The Morgan fingerprint density at radius 3 is 2.67 bits per heavy atom. The molecule has 0 aromatic carbocycles. The zero-order chi connectivity index (χ0) is 19.4. The van der Waals surface area contributed by atoms with Crippen molar-refractivity contribution in [2.24, 2.45) is 5.92 Å². The second kappa shape index (κ2) is 8.69. The van der Waals surface area contributed by atoms with Crippen molar-refractivity contribution in [3.8, 4) is 0 Å². The van der Waals surface area contributed by atoms with Crippen LogP contribution in [0.2, 0.25) is 0 Å². The van der Waals surface area contributed by atoms with Gasteiger partial charge >= 0.3 is 5.69 Å². The van der Waals surface area contributed by atoms with Gasteiger partial charge in [0.1, 0.15) is 5.82 Å². The number of rotatable bonds is 6. The third-order valence-electron chi connectivity index (χ3n) is 5.69. The van der Waals surface area contributed by atoms with Crippen LogP contribution in [0.3, 0.4) is 0 Å². The van der Waals surface area contributed by atoms with Crippen LogP contribution < -0.4 is 5.69 Å². The predicted molar refractivity (Wildman–Crippen MR) is 98.3 cm³/mol. The van der Waals surface area contributed by atoms with E-state index in [2.05, 4.69) is 10.2 Å². The van der Waals surface area contributed by atoms with Gasteiger partial charge < -0.3 is 14.5 Å². The normalized spacial score (nSPS) is 21.7. The molecule has 0 aliphatic carbocycles. The maximum Gasteiger partial charge on any atom is 0.343 e. The second-order valence-corrected chi connectivity index (χ2v) is 7.30. The molecule has 150 valence electrons. The Morgan fingerprint density at radius 2 is 2.00 bits per heavy atom. The molecule has 1 aromatic rings. The number of aromatic amines is 1. The number of hydrogen-bond acceptors (Lipinski definition) is 5. The van der Waals surface area contributed by atoms with Gasteiger partial charge in [-0.15, -0.1) is 0 Å². The number of nitrogens with one attached hydrogen (secondary N) is 1. The largest absolute Gasteiger partial charge is 0.383 e. The molecule has 3 heterocycles. The van der Waals surface area contributed by atoms with Crippen LogP contribution in [0.1, 0.15) is 44.3 Å². The topological polar surface area (TPSA) is 101 Å². The third-order valence-corrected chi connectivity index (χ3v) is 5.69. The molecular formula is C18H29N5O4. The Hall–Kier alpha value is -2.16. The maximum absolute atomic E-state index is 12.9. The number of amides is 2. The third kappa shape index (κ3) is 4.23. The van der Waals surface area contributed by atoms with Crippen molar-refractivity contribution in [2.45, 2.75) is 45.1 Å². The molecule has 1 aromatic heterocycles. The standard InChI is InChI=1S/C18H29N5O4/c1-3-23-16(19-20-18(23)26)13-6-8-21(9-7-13)17(25)14-4-5-15(24)22(12-14)10-11-27-2/h13-14H,3-12H2,1-2H3,(H,20,26)/t14-/m1/s1. The molecular weight excluding hydrogens is 350 g/mol. The summed E-state index contributed by atoms with van der Waals surface area (Å²) in [5.41, 5.74) is -0.172. The van der Waals surface area contributed by atoms with E-state index in [-0.39, 0.29) is 29.3 Å². The van der Waals surface area contributed by atoms with Crippen LogP contribution in [0.5, 0.6) is 0 Å². The zero-order valence-corrected chi connectivity index (χ0v) is 16.1. The van der Waals surface area contributed by atoms with Crippen molar-refractivity contribution in [1.29, 1.82) is 0 Å². The van der Waals surface area contributed by atoms with Crippen molar-refractivity contribution in [1.82, 2.24) is 24.6 Å². The SMILES string of the molecule is CCn1c(C2CCN(C(=O)[C@@H]3CCC(=O)N(CCOC)C3)CC2)n[nH]c1=O. The van der Waals surface area contributed by atoms with Crippen LogP contribution >= 0.6 is 0 Å². The molecule has 0 unspecified atom stereocenters. The molecule has 0 bridgehead atoms. The maximum atomic E-state index is 12.9.